The van der Waals surface area contributed by atoms with Crippen LogP contribution in [-0.4, -0.2) is 4.57 Å². The molecule has 0 saturated carbocycles. The van der Waals surface area contributed by atoms with E-state index in [1.807, 2.05) is 0 Å². The summed E-state index contributed by atoms with van der Waals surface area (Å²) in [5, 5.41) is 1.46. The number of para-hydroxylation sites is 1. The third kappa shape index (κ3) is 1.52. The van der Waals surface area contributed by atoms with Gasteiger partial charge in [-0.1, -0.05) is 42.5 Å². The fourth-order valence-electron chi connectivity index (χ4n) is 4.07. The Morgan fingerprint density at radius 2 is 1.71 bits per heavy atom. The van der Waals surface area contributed by atoms with Gasteiger partial charge in [0.1, 0.15) is 0 Å². The first-order chi connectivity index (χ1) is 10.4. The molecule has 1 heteroatoms. The predicted molar refractivity (Wildman–Crippen MR) is 88.3 cm³/mol. The molecule has 1 heterocycles. The molecule has 2 aliphatic rings. The molecule has 2 aromatic carbocycles. The molecule has 21 heavy (non-hydrogen) atoms. The first-order valence-electron chi connectivity index (χ1n) is 7.82. The van der Waals surface area contributed by atoms with Gasteiger partial charge in [0.05, 0.1) is 5.52 Å². The van der Waals surface area contributed by atoms with Crippen molar-refractivity contribution in [2.24, 2.45) is 0 Å². The third-order valence-corrected chi connectivity index (χ3v) is 4.96. The summed E-state index contributed by atoms with van der Waals surface area (Å²) in [4.78, 5) is 0. The topological polar surface area (TPSA) is 4.93 Å². The average molecular weight is 271 g/mol. The summed E-state index contributed by atoms with van der Waals surface area (Å²) >= 11 is 0. The Balaban J connectivity index is 1.77. The smallest absolute Gasteiger partial charge is 0.0531 e. The monoisotopic (exact) mass is 271 g/mol. The lowest BCUT2D eigenvalue weighted by Gasteiger charge is -2.10. The number of hydrogen-bond donors (Lipinski definition) is 0. The van der Waals surface area contributed by atoms with Crippen LogP contribution in [0.3, 0.4) is 0 Å². The van der Waals surface area contributed by atoms with Crippen LogP contribution >= 0.6 is 0 Å². The Bertz CT molecular complexity index is 895. The minimum absolute atomic E-state index is 1.06. The van der Waals surface area contributed by atoms with E-state index in [1.165, 1.54) is 47.0 Å². The second-order valence-corrected chi connectivity index (χ2v) is 6.14. The van der Waals surface area contributed by atoms with Crippen LogP contribution in [0.1, 0.15) is 28.8 Å². The van der Waals surface area contributed by atoms with Crippen molar-refractivity contribution in [3.05, 3.63) is 70.9 Å². The SMILES string of the molecule is C1=C(n2c3c(c4ccccc42)CCC3)Cc2ccccc21. The number of aromatic nitrogens is 1. The van der Waals surface area contributed by atoms with Crippen molar-refractivity contribution in [1.82, 2.24) is 4.57 Å². The van der Waals surface area contributed by atoms with Crippen LogP contribution < -0.4 is 0 Å². The molecule has 0 bridgehead atoms. The lowest BCUT2D eigenvalue weighted by atomic mass is 10.1. The predicted octanol–water partition coefficient (Wildman–Crippen LogP) is 4.68. The maximum absolute atomic E-state index is 2.54. The van der Waals surface area contributed by atoms with E-state index in [2.05, 4.69) is 59.2 Å². The maximum atomic E-state index is 2.54. The molecule has 3 aromatic rings. The van der Waals surface area contributed by atoms with Crippen molar-refractivity contribution in [3.63, 3.8) is 0 Å². The maximum Gasteiger partial charge on any atom is 0.0531 e. The van der Waals surface area contributed by atoms with Crippen LogP contribution in [0, 0.1) is 0 Å². The number of nitrogens with zero attached hydrogens (tertiary/aromatic N) is 1. The van der Waals surface area contributed by atoms with E-state index in [-0.39, 0.29) is 0 Å². The highest BCUT2D eigenvalue weighted by Crippen LogP contribution is 2.38. The molecule has 5 rings (SSSR count). The summed E-state index contributed by atoms with van der Waals surface area (Å²) < 4.78 is 2.54. The largest absolute Gasteiger partial charge is 0.317 e. The standard InChI is InChI=1S/C20H17N/c1-2-7-15-13-16(12-14(15)6-1)21-19-10-4-3-8-17(19)18-9-5-11-20(18)21/h1-4,6-8,10,12H,5,9,11,13H2. The Kier molecular flexibility index (Phi) is 2.23. The van der Waals surface area contributed by atoms with Gasteiger partial charge in [-0.2, -0.15) is 0 Å². The van der Waals surface area contributed by atoms with Gasteiger partial charge in [-0.3, -0.25) is 0 Å². The van der Waals surface area contributed by atoms with Gasteiger partial charge < -0.3 is 4.57 Å². The van der Waals surface area contributed by atoms with Gasteiger partial charge in [0.15, 0.2) is 0 Å². The normalized spacial score (nSPS) is 16.1. The molecule has 2 aliphatic carbocycles. The van der Waals surface area contributed by atoms with Gasteiger partial charge in [0, 0.05) is 23.2 Å². The zero-order valence-corrected chi connectivity index (χ0v) is 12.0. The molecule has 0 radical (unpaired) electrons. The molecule has 102 valence electrons. The quantitative estimate of drug-likeness (QED) is 0.605. The van der Waals surface area contributed by atoms with Gasteiger partial charge in [0.2, 0.25) is 0 Å². The summed E-state index contributed by atoms with van der Waals surface area (Å²) in [7, 11) is 0. The molecular formula is C20H17N. The highest BCUT2D eigenvalue weighted by atomic mass is 15.0. The summed E-state index contributed by atoms with van der Waals surface area (Å²) in [6.45, 7) is 0. The molecule has 1 nitrogen and oxygen atoms in total. The van der Waals surface area contributed by atoms with E-state index in [4.69, 9.17) is 0 Å². The minimum Gasteiger partial charge on any atom is -0.317 e. The number of benzene rings is 2. The van der Waals surface area contributed by atoms with Crippen LogP contribution in [0.15, 0.2) is 48.5 Å². The minimum atomic E-state index is 1.06. The molecule has 0 atom stereocenters. The Morgan fingerprint density at radius 1 is 0.857 bits per heavy atom. The molecule has 0 fully saturated rings. The van der Waals surface area contributed by atoms with Crippen molar-refractivity contribution < 1.29 is 0 Å². The van der Waals surface area contributed by atoms with E-state index in [9.17, 15) is 0 Å². The van der Waals surface area contributed by atoms with Crippen LogP contribution in [-0.2, 0) is 19.3 Å². The van der Waals surface area contributed by atoms with Crippen LogP contribution in [0.5, 0.6) is 0 Å². The molecule has 0 aliphatic heterocycles. The number of allylic oxidation sites excluding steroid dienone is 1. The Hall–Kier alpha value is -2.28. The fraction of sp³-hybridized carbons (Fsp3) is 0.200. The summed E-state index contributed by atoms with van der Waals surface area (Å²) in [6, 6.07) is 17.7. The van der Waals surface area contributed by atoms with Gasteiger partial charge in [-0.15, -0.1) is 0 Å². The molecule has 0 amide bonds. The highest BCUT2D eigenvalue weighted by molar-refractivity contribution is 5.93. The van der Waals surface area contributed by atoms with Crippen LogP contribution in [0.2, 0.25) is 0 Å². The summed E-state index contributed by atoms with van der Waals surface area (Å²) in [5.74, 6) is 0. The number of aryl methyl sites for hydroxylation is 1. The van der Waals surface area contributed by atoms with Gasteiger partial charge in [-0.25, -0.2) is 0 Å². The molecule has 0 spiro atoms. The average Bonchev–Trinajstić information content (AvgIpc) is 3.20. The molecule has 0 unspecified atom stereocenters. The Labute approximate surface area is 124 Å². The molecule has 0 N–H and O–H groups in total. The molecule has 1 aromatic heterocycles. The Morgan fingerprint density at radius 3 is 2.67 bits per heavy atom. The first kappa shape index (κ1) is 11.4. The van der Waals surface area contributed by atoms with E-state index in [0.717, 1.165) is 6.42 Å². The van der Waals surface area contributed by atoms with Gasteiger partial charge >= 0.3 is 0 Å². The summed E-state index contributed by atoms with van der Waals surface area (Å²) in [6.07, 6.45) is 7.19. The second kappa shape index (κ2) is 4.11. The number of fused-ring (bicyclic) bond motifs is 4. The lowest BCUT2D eigenvalue weighted by Crippen LogP contribution is -2.01. The van der Waals surface area contributed by atoms with E-state index < -0.39 is 0 Å². The van der Waals surface area contributed by atoms with Crippen molar-refractivity contribution in [2.45, 2.75) is 25.7 Å². The van der Waals surface area contributed by atoms with Crippen LogP contribution in [0.25, 0.3) is 22.7 Å². The zero-order chi connectivity index (χ0) is 13.8. The van der Waals surface area contributed by atoms with Crippen molar-refractivity contribution in [1.29, 1.82) is 0 Å². The fourth-order valence-corrected chi connectivity index (χ4v) is 4.07. The van der Waals surface area contributed by atoms with E-state index in [1.54, 1.807) is 11.3 Å². The number of hydrogen-bond acceptors (Lipinski definition) is 0. The van der Waals surface area contributed by atoms with Crippen molar-refractivity contribution in [3.8, 4) is 0 Å². The zero-order valence-electron chi connectivity index (χ0n) is 12.0. The molecule has 0 saturated heterocycles. The lowest BCUT2D eigenvalue weighted by molar-refractivity contribution is 0.874. The second-order valence-electron chi connectivity index (χ2n) is 6.14. The third-order valence-electron chi connectivity index (χ3n) is 4.96. The van der Waals surface area contributed by atoms with Crippen molar-refractivity contribution >= 4 is 22.7 Å². The highest BCUT2D eigenvalue weighted by Gasteiger charge is 2.24. The van der Waals surface area contributed by atoms with Gasteiger partial charge in [0.25, 0.3) is 0 Å². The number of rotatable bonds is 1. The van der Waals surface area contributed by atoms with Crippen molar-refractivity contribution in [2.75, 3.05) is 0 Å². The summed E-state index contributed by atoms with van der Waals surface area (Å²) in [5.41, 5.74) is 8.81. The van der Waals surface area contributed by atoms with Gasteiger partial charge in [-0.05, 0) is 48.1 Å². The van der Waals surface area contributed by atoms with Crippen LogP contribution in [0.4, 0.5) is 0 Å². The van der Waals surface area contributed by atoms with E-state index in [0.29, 0.717) is 0 Å². The van der Waals surface area contributed by atoms with E-state index >= 15 is 0 Å². The first-order valence-corrected chi connectivity index (χ1v) is 7.82. The molecular weight excluding hydrogens is 254 g/mol.